The Morgan fingerprint density at radius 1 is 1.21 bits per heavy atom. The third kappa shape index (κ3) is 2.51. The zero-order valence-electron chi connectivity index (χ0n) is 10.9. The van der Waals surface area contributed by atoms with Crippen molar-refractivity contribution in [1.29, 1.82) is 0 Å². The number of nitrogens with zero attached hydrogens (tertiary/aromatic N) is 1. The lowest BCUT2D eigenvalue weighted by molar-refractivity contribution is 0.0427. The predicted molar refractivity (Wildman–Crippen MR) is 72.5 cm³/mol. The number of carbonyl (C=O) groups excluding carboxylic acids is 2. The molecule has 1 aliphatic rings. The van der Waals surface area contributed by atoms with E-state index < -0.39 is 0 Å². The molecule has 1 aromatic carbocycles. The number of ether oxygens (including phenoxy) is 1. The van der Waals surface area contributed by atoms with Crippen molar-refractivity contribution in [2.24, 2.45) is 0 Å². The molecule has 0 N–H and O–H groups in total. The lowest BCUT2D eigenvalue weighted by Gasteiger charge is -2.24. The van der Waals surface area contributed by atoms with E-state index in [-0.39, 0.29) is 29.8 Å². The summed E-state index contributed by atoms with van der Waals surface area (Å²) >= 11 is 6.14. The van der Waals surface area contributed by atoms with E-state index in [0.717, 1.165) is 0 Å². The Morgan fingerprint density at radius 3 is 2.16 bits per heavy atom. The van der Waals surface area contributed by atoms with Gasteiger partial charge in [0, 0.05) is 7.11 Å². The van der Waals surface area contributed by atoms with E-state index in [0.29, 0.717) is 17.5 Å². The number of benzene rings is 1. The Kier molecular flexibility index (Phi) is 4.22. The van der Waals surface area contributed by atoms with Gasteiger partial charge in [-0.2, -0.15) is 0 Å². The van der Waals surface area contributed by atoms with Gasteiger partial charge in [0.15, 0.2) is 0 Å². The van der Waals surface area contributed by atoms with Crippen LogP contribution in [0.4, 0.5) is 0 Å². The molecule has 0 aliphatic carbocycles. The molecular weight excluding hydrogens is 266 g/mol. The van der Waals surface area contributed by atoms with Crippen LogP contribution in [-0.2, 0) is 4.74 Å². The maximum Gasteiger partial charge on any atom is 0.261 e. The summed E-state index contributed by atoms with van der Waals surface area (Å²) in [5.41, 5.74) is 0.898. The molecule has 0 spiro atoms. The molecule has 1 heterocycles. The number of alkyl halides is 1. The Bertz CT molecular complexity index is 468. The molecule has 0 aromatic heterocycles. The lowest BCUT2D eigenvalue weighted by atomic mass is 10.1. The minimum atomic E-state index is -0.353. The minimum absolute atomic E-state index is 0.185. The van der Waals surface area contributed by atoms with Gasteiger partial charge in [0.05, 0.1) is 29.2 Å². The highest BCUT2D eigenvalue weighted by atomic mass is 35.5. The van der Waals surface area contributed by atoms with Gasteiger partial charge in [0.1, 0.15) is 0 Å². The molecule has 2 atom stereocenters. The summed E-state index contributed by atoms with van der Waals surface area (Å²) in [6.07, 6.45) is 0.359. The van der Waals surface area contributed by atoms with E-state index in [4.69, 9.17) is 16.3 Å². The number of amides is 2. The third-order valence-corrected chi connectivity index (χ3v) is 3.93. The molecule has 0 fully saturated rings. The van der Waals surface area contributed by atoms with Crippen LogP contribution in [0.25, 0.3) is 0 Å². The van der Waals surface area contributed by atoms with Crippen molar-refractivity contribution in [1.82, 2.24) is 4.90 Å². The van der Waals surface area contributed by atoms with Crippen LogP contribution in [0.2, 0.25) is 0 Å². The average molecular weight is 282 g/mol. The van der Waals surface area contributed by atoms with Gasteiger partial charge in [-0.3, -0.25) is 14.5 Å². The molecule has 1 aliphatic heterocycles. The highest BCUT2D eigenvalue weighted by Crippen LogP contribution is 2.24. The first kappa shape index (κ1) is 14.0. The molecule has 102 valence electrons. The number of carbonyl (C=O) groups is 2. The van der Waals surface area contributed by atoms with Crippen molar-refractivity contribution in [3.8, 4) is 0 Å². The third-order valence-electron chi connectivity index (χ3n) is 3.34. The molecule has 0 saturated carbocycles. The SMILES string of the molecule is CCC(Cl)[C@H](CN1C(=O)c2ccccc2C1=O)OC. The Labute approximate surface area is 117 Å². The van der Waals surface area contributed by atoms with Crippen LogP contribution < -0.4 is 0 Å². The van der Waals surface area contributed by atoms with E-state index in [2.05, 4.69) is 0 Å². The van der Waals surface area contributed by atoms with Crippen molar-refractivity contribution in [2.75, 3.05) is 13.7 Å². The molecule has 4 nitrogen and oxygen atoms in total. The number of rotatable bonds is 5. The van der Waals surface area contributed by atoms with Crippen LogP contribution in [0.5, 0.6) is 0 Å². The molecule has 19 heavy (non-hydrogen) atoms. The van der Waals surface area contributed by atoms with Crippen molar-refractivity contribution in [2.45, 2.75) is 24.8 Å². The second-order valence-electron chi connectivity index (χ2n) is 4.46. The second-order valence-corrected chi connectivity index (χ2v) is 5.03. The fourth-order valence-electron chi connectivity index (χ4n) is 2.18. The highest BCUT2D eigenvalue weighted by Gasteiger charge is 2.37. The molecule has 0 radical (unpaired) electrons. The number of methoxy groups -OCH3 is 1. The van der Waals surface area contributed by atoms with E-state index in [1.54, 1.807) is 24.3 Å². The number of fused-ring (bicyclic) bond motifs is 1. The monoisotopic (exact) mass is 281 g/mol. The molecule has 5 heteroatoms. The van der Waals surface area contributed by atoms with Crippen LogP contribution in [0, 0.1) is 0 Å². The average Bonchev–Trinajstić information content (AvgIpc) is 2.68. The largest absolute Gasteiger partial charge is 0.378 e. The van der Waals surface area contributed by atoms with Gasteiger partial charge in [0.2, 0.25) is 0 Å². The van der Waals surface area contributed by atoms with Gasteiger partial charge in [0.25, 0.3) is 11.8 Å². The van der Waals surface area contributed by atoms with Crippen LogP contribution in [0.3, 0.4) is 0 Å². The van der Waals surface area contributed by atoms with E-state index in [1.165, 1.54) is 12.0 Å². The fourth-order valence-corrected chi connectivity index (χ4v) is 2.37. The molecule has 1 unspecified atom stereocenters. The molecule has 1 aromatic rings. The summed E-state index contributed by atoms with van der Waals surface area (Å²) < 4.78 is 5.28. The maximum atomic E-state index is 12.2. The van der Waals surface area contributed by atoms with Gasteiger partial charge in [-0.25, -0.2) is 0 Å². The topological polar surface area (TPSA) is 46.6 Å². The summed E-state index contributed by atoms with van der Waals surface area (Å²) in [6, 6.07) is 6.82. The Balaban J connectivity index is 2.20. The van der Waals surface area contributed by atoms with Crippen LogP contribution in [0.1, 0.15) is 34.1 Å². The van der Waals surface area contributed by atoms with Gasteiger partial charge in [-0.05, 0) is 18.6 Å². The van der Waals surface area contributed by atoms with E-state index in [1.807, 2.05) is 6.92 Å². The lowest BCUT2D eigenvalue weighted by Crippen LogP contribution is -2.41. The molecular formula is C14H16ClNO3. The zero-order valence-corrected chi connectivity index (χ0v) is 11.7. The molecule has 2 rings (SSSR count). The molecule has 0 saturated heterocycles. The standard InChI is InChI=1S/C14H16ClNO3/c1-3-11(15)12(19-2)8-16-13(17)9-6-4-5-7-10(9)14(16)18/h4-7,11-12H,3,8H2,1-2H3/t11?,12-/m0/s1. The van der Waals surface area contributed by atoms with Crippen molar-refractivity contribution in [3.05, 3.63) is 35.4 Å². The number of imide groups is 1. The van der Waals surface area contributed by atoms with Gasteiger partial charge >= 0.3 is 0 Å². The van der Waals surface area contributed by atoms with Crippen molar-refractivity contribution < 1.29 is 14.3 Å². The van der Waals surface area contributed by atoms with Gasteiger partial charge in [-0.15, -0.1) is 11.6 Å². The van der Waals surface area contributed by atoms with Crippen LogP contribution in [0.15, 0.2) is 24.3 Å². The predicted octanol–water partition coefficient (Wildman–Crippen LogP) is 2.32. The van der Waals surface area contributed by atoms with Crippen LogP contribution >= 0.6 is 11.6 Å². The van der Waals surface area contributed by atoms with E-state index in [9.17, 15) is 9.59 Å². The maximum absolute atomic E-state index is 12.2. The highest BCUT2D eigenvalue weighted by molar-refractivity contribution is 6.22. The van der Waals surface area contributed by atoms with Crippen molar-refractivity contribution >= 4 is 23.4 Å². The first-order chi connectivity index (χ1) is 9.10. The molecule has 0 bridgehead atoms. The van der Waals surface area contributed by atoms with Gasteiger partial charge < -0.3 is 4.74 Å². The van der Waals surface area contributed by atoms with E-state index >= 15 is 0 Å². The second kappa shape index (κ2) is 5.72. The summed E-state index contributed by atoms with van der Waals surface area (Å²) in [5.74, 6) is -0.551. The first-order valence-electron chi connectivity index (χ1n) is 6.22. The summed E-state index contributed by atoms with van der Waals surface area (Å²) in [5, 5.41) is -0.227. The number of halogens is 1. The number of hydrogen-bond donors (Lipinski definition) is 0. The van der Waals surface area contributed by atoms with Gasteiger partial charge in [-0.1, -0.05) is 19.1 Å². The fraction of sp³-hybridized carbons (Fsp3) is 0.429. The van der Waals surface area contributed by atoms with Crippen molar-refractivity contribution in [3.63, 3.8) is 0 Å². The zero-order chi connectivity index (χ0) is 14.0. The summed E-state index contributed by atoms with van der Waals surface area (Å²) in [4.78, 5) is 25.6. The normalized spacial score (nSPS) is 17.5. The first-order valence-corrected chi connectivity index (χ1v) is 6.65. The quantitative estimate of drug-likeness (QED) is 0.615. The minimum Gasteiger partial charge on any atom is -0.378 e. The summed E-state index contributed by atoms with van der Waals surface area (Å²) in [6.45, 7) is 2.12. The Hall–Kier alpha value is -1.39. The van der Waals surface area contributed by atoms with Crippen LogP contribution in [-0.4, -0.2) is 41.8 Å². The number of hydrogen-bond acceptors (Lipinski definition) is 3. The molecule has 2 amide bonds. The smallest absolute Gasteiger partial charge is 0.261 e. The summed E-state index contributed by atoms with van der Waals surface area (Å²) in [7, 11) is 1.54. The Morgan fingerprint density at radius 2 is 1.74 bits per heavy atom.